The number of ether oxygens (including phenoxy) is 3. The molecule has 16 heavy (non-hydrogen) atoms. The third-order valence-electron chi connectivity index (χ3n) is 2.11. The molecule has 0 aliphatic carbocycles. The van der Waals surface area contributed by atoms with Crippen LogP contribution in [0.25, 0.3) is 0 Å². The Morgan fingerprint density at radius 2 is 2.19 bits per heavy atom. The van der Waals surface area contributed by atoms with Crippen molar-refractivity contribution >= 4 is 6.29 Å². The Bertz CT molecular complexity index is 468. The molecule has 0 bridgehead atoms. The van der Waals surface area contributed by atoms with Gasteiger partial charge in [-0.1, -0.05) is 5.92 Å². The van der Waals surface area contributed by atoms with Gasteiger partial charge in [0, 0.05) is 6.07 Å². The van der Waals surface area contributed by atoms with Crippen molar-refractivity contribution in [2.75, 3.05) is 13.4 Å². The van der Waals surface area contributed by atoms with Crippen LogP contribution in [0.2, 0.25) is 0 Å². The van der Waals surface area contributed by atoms with E-state index in [-0.39, 0.29) is 13.4 Å². The second kappa shape index (κ2) is 4.58. The van der Waals surface area contributed by atoms with Crippen LogP contribution in [-0.4, -0.2) is 19.7 Å². The Balaban J connectivity index is 2.27. The first kappa shape index (κ1) is 10.4. The molecule has 0 amide bonds. The number of benzene rings is 1. The van der Waals surface area contributed by atoms with Gasteiger partial charge in [0.25, 0.3) is 0 Å². The molecular weight excluding hydrogens is 208 g/mol. The van der Waals surface area contributed by atoms with Gasteiger partial charge in [0.2, 0.25) is 6.79 Å². The van der Waals surface area contributed by atoms with E-state index in [0.29, 0.717) is 22.8 Å². The van der Waals surface area contributed by atoms with Crippen LogP contribution in [0, 0.1) is 11.8 Å². The van der Waals surface area contributed by atoms with Crippen LogP contribution < -0.4 is 14.2 Å². The van der Waals surface area contributed by atoms with Crippen molar-refractivity contribution in [3.63, 3.8) is 0 Å². The standard InChI is InChI=1S/C12H10O4/c1-2-3-4-14-10-6-12-11(15-8-16-12)5-9(10)7-13/h5-7H,4,8H2,1H3. The van der Waals surface area contributed by atoms with E-state index in [4.69, 9.17) is 14.2 Å². The highest BCUT2D eigenvalue weighted by atomic mass is 16.7. The molecule has 0 radical (unpaired) electrons. The second-order valence-electron chi connectivity index (χ2n) is 3.08. The summed E-state index contributed by atoms with van der Waals surface area (Å²) in [5, 5.41) is 0. The van der Waals surface area contributed by atoms with E-state index in [0.717, 1.165) is 6.29 Å². The Kier molecular flexibility index (Phi) is 2.97. The van der Waals surface area contributed by atoms with E-state index in [1.165, 1.54) is 0 Å². The lowest BCUT2D eigenvalue weighted by Crippen LogP contribution is -1.97. The zero-order valence-corrected chi connectivity index (χ0v) is 8.78. The molecule has 4 heteroatoms. The quantitative estimate of drug-likeness (QED) is 0.571. The van der Waals surface area contributed by atoms with Gasteiger partial charge in [-0.3, -0.25) is 4.79 Å². The third-order valence-corrected chi connectivity index (χ3v) is 2.11. The number of fused-ring (bicyclic) bond motifs is 1. The van der Waals surface area contributed by atoms with Gasteiger partial charge >= 0.3 is 0 Å². The van der Waals surface area contributed by atoms with Crippen LogP contribution in [0.15, 0.2) is 12.1 Å². The monoisotopic (exact) mass is 218 g/mol. The minimum atomic E-state index is 0.172. The van der Waals surface area contributed by atoms with Gasteiger partial charge in [-0.05, 0) is 13.0 Å². The van der Waals surface area contributed by atoms with Crippen molar-refractivity contribution in [1.29, 1.82) is 0 Å². The summed E-state index contributed by atoms with van der Waals surface area (Å²) in [4.78, 5) is 10.8. The minimum Gasteiger partial charge on any atom is -0.480 e. The molecule has 1 aliphatic heterocycles. The Labute approximate surface area is 93.1 Å². The number of hydrogen-bond acceptors (Lipinski definition) is 4. The van der Waals surface area contributed by atoms with Gasteiger partial charge in [-0.15, -0.1) is 5.92 Å². The van der Waals surface area contributed by atoms with Crippen LogP contribution in [0.1, 0.15) is 17.3 Å². The van der Waals surface area contributed by atoms with Crippen LogP contribution in [0.4, 0.5) is 0 Å². The normalized spacial score (nSPS) is 11.6. The number of rotatable bonds is 3. The predicted molar refractivity (Wildman–Crippen MR) is 56.9 cm³/mol. The first-order chi connectivity index (χ1) is 7.85. The molecule has 2 rings (SSSR count). The van der Waals surface area contributed by atoms with Crippen LogP contribution >= 0.6 is 0 Å². The molecule has 0 fully saturated rings. The maximum absolute atomic E-state index is 10.8. The fourth-order valence-electron chi connectivity index (χ4n) is 1.34. The van der Waals surface area contributed by atoms with Gasteiger partial charge in [0.1, 0.15) is 12.4 Å². The predicted octanol–water partition coefficient (Wildman–Crippen LogP) is 1.63. The van der Waals surface area contributed by atoms with Crippen molar-refractivity contribution in [3.8, 4) is 29.1 Å². The van der Waals surface area contributed by atoms with Gasteiger partial charge < -0.3 is 14.2 Å². The lowest BCUT2D eigenvalue weighted by Gasteiger charge is -2.06. The molecule has 1 aliphatic rings. The lowest BCUT2D eigenvalue weighted by atomic mass is 10.2. The van der Waals surface area contributed by atoms with Crippen LogP contribution in [0.5, 0.6) is 17.2 Å². The van der Waals surface area contributed by atoms with Gasteiger partial charge in [0.05, 0.1) is 5.56 Å². The Morgan fingerprint density at radius 1 is 1.44 bits per heavy atom. The Hall–Kier alpha value is -2.15. The number of carbonyl (C=O) groups is 1. The number of hydrogen-bond donors (Lipinski definition) is 0. The molecule has 0 saturated carbocycles. The van der Waals surface area contributed by atoms with E-state index in [9.17, 15) is 4.79 Å². The maximum atomic E-state index is 10.8. The Morgan fingerprint density at radius 3 is 2.88 bits per heavy atom. The molecular formula is C12H10O4. The van der Waals surface area contributed by atoms with Crippen LogP contribution in [-0.2, 0) is 0 Å². The minimum absolute atomic E-state index is 0.172. The van der Waals surface area contributed by atoms with E-state index in [1.54, 1.807) is 19.1 Å². The topological polar surface area (TPSA) is 44.8 Å². The first-order valence-electron chi connectivity index (χ1n) is 4.76. The zero-order valence-electron chi connectivity index (χ0n) is 8.78. The van der Waals surface area contributed by atoms with Crippen molar-refractivity contribution in [3.05, 3.63) is 17.7 Å². The lowest BCUT2D eigenvalue weighted by molar-refractivity contribution is 0.111. The largest absolute Gasteiger partial charge is 0.480 e. The molecule has 0 atom stereocenters. The molecule has 4 nitrogen and oxygen atoms in total. The second-order valence-corrected chi connectivity index (χ2v) is 3.08. The summed E-state index contributed by atoms with van der Waals surface area (Å²) in [6.45, 7) is 2.15. The maximum Gasteiger partial charge on any atom is 0.231 e. The summed E-state index contributed by atoms with van der Waals surface area (Å²) >= 11 is 0. The average Bonchev–Trinajstić information content (AvgIpc) is 2.75. The third kappa shape index (κ3) is 1.94. The highest BCUT2D eigenvalue weighted by Crippen LogP contribution is 2.37. The molecule has 0 saturated heterocycles. The highest BCUT2D eigenvalue weighted by Gasteiger charge is 2.17. The molecule has 0 aromatic heterocycles. The van der Waals surface area contributed by atoms with Gasteiger partial charge in [-0.2, -0.15) is 0 Å². The van der Waals surface area contributed by atoms with Gasteiger partial charge in [0.15, 0.2) is 17.8 Å². The van der Waals surface area contributed by atoms with Gasteiger partial charge in [-0.25, -0.2) is 0 Å². The smallest absolute Gasteiger partial charge is 0.231 e. The van der Waals surface area contributed by atoms with Crippen molar-refractivity contribution in [2.45, 2.75) is 6.92 Å². The summed E-state index contributed by atoms with van der Waals surface area (Å²) in [6, 6.07) is 3.24. The molecule has 1 heterocycles. The zero-order chi connectivity index (χ0) is 11.4. The van der Waals surface area contributed by atoms with E-state index >= 15 is 0 Å². The number of aldehydes is 1. The summed E-state index contributed by atoms with van der Waals surface area (Å²) in [7, 11) is 0. The highest BCUT2D eigenvalue weighted by molar-refractivity contribution is 5.81. The van der Waals surface area contributed by atoms with E-state index in [2.05, 4.69) is 11.8 Å². The SMILES string of the molecule is CC#CCOc1cc2c(cc1C=O)OCO2. The summed E-state index contributed by atoms with van der Waals surface area (Å²) in [6.07, 6.45) is 0.719. The fraction of sp³-hybridized carbons (Fsp3) is 0.250. The molecule has 1 aromatic rings. The molecule has 1 aromatic carbocycles. The van der Waals surface area contributed by atoms with Crippen molar-refractivity contribution in [2.24, 2.45) is 0 Å². The first-order valence-corrected chi connectivity index (χ1v) is 4.76. The summed E-state index contributed by atoms with van der Waals surface area (Å²) in [5.74, 6) is 7.08. The van der Waals surface area contributed by atoms with E-state index < -0.39 is 0 Å². The molecule has 0 spiro atoms. The summed E-state index contributed by atoms with van der Waals surface area (Å²) in [5.41, 5.74) is 0.433. The number of carbonyl (C=O) groups excluding carboxylic acids is 1. The molecule has 0 N–H and O–H groups in total. The van der Waals surface area contributed by atoms with E-state index in [1.807, 2.05) is 0 Å². The fourth-order valence-corrected chi connectivity index (χ4v) is 1.34. The van der Waals surface area contributed by atoms with Crippen LogP contribution in [0.3, 0.4) is 0 Å². The molecule has 0 unspecified atom stereocenters. The summed E-state index contributed by atoms with van der Waals surface area (Å²) < 4.78 is 15.7. The van der Waals surface area contributed by atoms with Crippen molar-refractivity contribution < 1.29 is 19.0 Å². The molecule has 82 valence electrons. The average molecular weight is 218 g/mol. The van der Waals surface area contributed by atoms with Crippen molar-refractivity contribution in [1.82, 2.24) is 0 Å².